The summed E-state index contributed by atoms with van der Waals surface area (Å²) in [6.45, 7) is 3.32. The van der Waals surface area contributed by atoms with E-state index in [0.29, 0.717) is 11.1 Å². The van der Waals surface area contributed by atoms with E-state index >= 15 is 0 Å². The van der Waals surface area contributed by atoms with Gasteiger partial charge in [-0.1, -0.05) is 36.4 Å². The number of carbonyl (C=O) groups excluding carboxylic acids is 2. The second kappa shape index (κ2) is 7.21. The summed E-state index contributed by atoms with van der Waals surface area (Å²) < 4.78 is 23.2. The molecule has 0 spiro atoms. The second-order valence-electron chi connectivity index (χ2n) is 8.13. The van der Waals surface area contributed by atoms with Gasteiger partial charge in [0.1, 0.15) is 11.5 Å². The van der Waals surface area contributed by atoms with Crippen molar-refractivity contribution in [3.8, 4) is 11.5 Å². The smallest absolute Gasteiger partial charge is 0.355 e. The molecule has 1 fully saturated rings. The van der Waals surface area contributed by atoms with Crippen LogP contribution in [0.2, 0.25) is 0 Å². The first-order valence-corrected chi connectivity index (χ1v) is 10.7. The van der Waals surface area contributed by atoms with E-state index in [9.17, 15) is 19.8 Å². The molecule has 1 aliphatic carbocycles. The maximum atomic E-state index is 13.5. The number of aliphatic hydroxyl groups is 2. The third kappa shape index (κ3) is 2.34. The minimum Gasteiger partial charge on any atom is -0.470 e. The van der Waals surface area contributed by atoms with Crippen molar-refractivity contribution < 1.29 is 38.7 Å². The lowest BCUT2D eigenvalue weighted by Crippen LogP contribution is -2.89. The van der Waals surface area contributed by atoms with Crippen molar-refractivity contribution in [2.24, 2.45) is 11.8 Å². The van der Waals surface area contributed by atoms with Crippen molar-refractivity contribution in [3.05, 3.63) is 59.7 Å². The first kappa shape index (κ1) is 20.8. The Hall–Kier alpha value is -3.10. The molecule has 2 heterocycles. The van der Waals surface area contributed by atoms with Crippen LogP contribution in [0.25, 0.3) is 0 Å². The fraction of sp³-hybridized carbons (Fsp3) is 0.417. The van der Waals surface area contributed by atoms with Gasteiger partial charge in [-0.25, -0.2) is 9.59 Å². The third-order valence-corrected chi connectivity index (χ3v) is 6.73. The summed E-state index contributed by atoms with van der Waals surface area (Å²) in [7, 11) is 0. The van der Waals surface area contributed by atoms with Crippen LogP contribution in [0, 0.1) is 11.8 Å². The predicted octanol–water partition coefficient (Wildman–Crippen LogP) is 2.09. The number of rotatable bonds is 4. The van der Waals surface area contributed by atoms with Crippen LogP contribution < -0.4 is 9.47 Å². The van der Waals surface area contributed by atoms with Crippen molar-refractivity contribution in [2.45, 2.75) is 37.3 Å². The van der Waals surface area contributed by atoms with Gasteiger partial charge in [0.05, 0.1) is 37.3 Å². The van der Waals surface area contributed by atoms with Gasteiger partial charge in [-0.15, -0.1) is 0 Å². The van der Waals surface area contributed by atoms with Gasteiger partial charge in [0.15, 0.2) is 0 Å². The molecule has 2 aliphatic heterocycles. The van der Waals surface area contributed by atoms with E-state index in [1.54, 1.807) is 62.4 Å². The van der Waals surface area contributed by atoms with E-state index in [-0.39, 0.29) is 24.7 Å². The highest BCUT2D eigenvalue weighted by Gasteiger charge is 2.89. The van der Waals surface area contributed by atoms with Gasteiger partial charge in [0.25, 0.3) is 11.2 Å². The van der Waals surface area contributed by atoms with Crippen molar-refractivity contribution in [1.82, 2.24) is 0 Å². The molecule has 2 aromatic carbocycles. The van der Waals surface area contributed by atoms with Crippen LogP contribution in [0.1, 0.15) is 37.2 Å². The van der Waals surface area contributed by atoms with Crippen molar-refractivity contribution in [1.29, 1.82) is 0 Å². The molecule has 0 bridgehead atoms. The highest BCUT2D eigenvalue weighted by molar-refractivity contribution is 5.98. The maximum Gasteiger partial charge on any atom is 0.355 e. The Morgan fingerprint density at radius 2 is 1.16 bits per heavy atom. The van der Waals surface area contributed by atoms with Crippen LogP contribution in [-0.2, 0) is 19.1 Å². The number of benzene rings is 2. The lowest BCUT2D eigenvalue weighted by Gasteiger charge is -2.67. The SMILES string of the molecule is CCOC(=O)[C@@]12Oc3ccccc3[C@H](O)[C@@H]1[C@H]1[C@@H](O)c3ccccc3O[C@]12C(=O)OCC. The van der Waals surface area contributed by atoms with Crippen LogP contribution >= 0.6 is 0 Å². The van der Waals surface area contributed by atoms with Gasteiger partial charge in [-0.2, -0.15) is 0 Å². The van der Waals surface area contributed by atoms with Gasteiger partial charge in [-0.05, 0) is 26.0 Å². The summed E-state index contributed by atoms with van der Waals surface area (Å²) in [6, 6.07) is 13.5. The Labute approximate surface area is 184 Å². The molecule has 1 saturated carbocycles. The molecular formula is C24H24O8. The zero-order valence-electron chi connectivity index (χ0n) is 17.7. The standard InChI is InChI=1S/C24H24O8/c1-3-29-21(27)23-17(19(25)13-9-5-7-11-15(13)31-23)18-20(26)14-10-6-8-12-16(14)32-24(18,23)22(28)30-4-2/h5-12,17-20,25-26H,3-4H2,1-2H3/t17-,18-,19-,20-,23-,24-/m0/s1. The van der Waals surface area contributed by atoms with E-state index in [2.05, 4.69) is 0 Å². The highest BCUT2D eigenvalue weighted by atomic mass is 16.6. The third-order valence-electron chi connectivity index (χ3n) is 6.73. The molecule has 168 valence electrons. The summed E-state index contributed by atoms with van der Waals surface area (Å²) in [6.07, 6.45) is -2.42. The molecule has 0 amide bonds. The topological polar surface area (TPSA) is 112 Å². The van der Waals surface area contributed by atoms with Crippen LogP contribution in [0.3, 0.4) is 0 Å². The Bertz CT molecular complexity index is 998. The molecule has 8 heteroatoms. The molecule has 0 saturated heterocycles. The lowest BCUT2D eigenvalue weighted by atomic mass is 9.44. The molecule has 3 aliphatic rings. The second-order valence-corrected chi connectivity index (χ2v) is 8.13. The monoisotopic (exact) mass is 440 g/mol. The van der Waals surface area contributed by atoms with Crippen molar-refractivity contribution in [2.75, 3.05) is 13.2 Å². The molecule has 8 nitrogen and oxygen atoms in total. The fourth-order valence-corrected chi connectivity index (χ4v) is 5.53. The molecule has 0 radical (unpaired) electrons. The highest BCUT2D eigenvalue weighted by Crippen LogP contribution is 2.69. The molecule has 0 aromatic heterocycles. The van der Waals surface area contributed by atoms with E-state index in [4.69, 9.17) is 18.9 Å². The number of hydrogen-bond donors (Lipinski definition) is 2. The molecule has 2 N–H and O–H groups in total. The zero-order chi connectivity index (χ0) is 22.7. The summed E-state index contributed by atoms with van der Waals surface area (Å²) in [5.74, 6) is -3.25. The number of para-hydroxylation sites is 2. The van der Waals surface area contributed by atoms with Gasteiger partial charge >= 0.3 is 11.9 Å². The molecule has 0 unspecified atom stereocenters. The van der Waals surface area contributed by atoms with Gasteiger partial charge in [0, 0.05) is 11.1 Å². The largest absolute Gasteiger partial charge is 0.470 e. The average molecular weight is 440 g/mol. The fourth-order valence-electron chi connectivity index (χ4n) is 5.53. The quantitative estimate of drug-likeness (QED) is 0.696. The van der Waals surface area contributed by atoms with Gasteiger partial charge in [0.2, 0.25) is 0 Å². The summed E-state index contributed by atoms with van der Waals surface area (Å²) >= 11 is 0. The normalized spacial score (nSPS) is 33.6. The van der Waals surface area contributed by atoms with Crippen molar-refractivity contribution in [3.63, 3.8) is 0 Å². The van der Waals surface area contributed by atoms with Crippen LogP contribution in [0.15, 0.2) is 48.5 Å². The number of carbonyl (C=O) groups is 2. The van der Waals surface area contributed by atoms with Gasteiger partial charge in [-0.3, -0.25) is 0 Å². The summed E-state index contributed by atoms with van der Waals surface area (Å²) in [5.41, 5.74) is -3.16. The molecule has 6 atom stereocenters. The summed E-state index contributed by atoms with van der Waals surface area (Å²) in [4.78, 5) is 27.0. The van der Waals surface area contributed by atoms with Gasteiger partial charge < -0.3 is 29.2 Å². The Balaban J connectivity index is 1.78. The Morgan fingerprint density at radius 1 is 0.781 bits per heavy atom. The lowest BCUT2D eigenvalue weighted by molar-refractivity contribution is -0.322. The van der Waals surface area contributed by atoms with Crippen LogP contribution in [0.5, 0.6) is 11.5 Å². The molecule has 32 heavy (non-hydrogen) atoms. The Kier molecular flexibility index (Phi) is 4.69. The number of ether oxygens (including phenoxy) is 4. The summed E-state index contributed by atoms with van der Waals surface area (Å²) in [5, 5.41) is 22.7. The van der Waals surface area contributed by atoms with E-state index in [0.717, 1.165) is 0 Å². The number of esters is 2. The van der Waals surface area contributed by atoms with E-state index in [1.165, 1.54) is 0 Å². The zero-order valence-corrected chi connectivity index (χ0v) is 17.7. The maximum absolute atomic E-state index is 13.5. The average Bonchev–Trinajstić information content (AvgIpc) is 2.78. The predicted molar refractivity (Wildman–Crippen MR) is 110 cm³/mol. The molecular weight excluding hydrogens is 416 g/mol. The first-order chi connectivity index (χ1) is 15.4. The first-order valence-electron chi connectivity index (χ1n) is 10.7. The minimum atomic E-state index is -2.04. The number of aliphatic hydroxyl groups excluding tert-OH is 2. The van der Waals surface area contributed by atoms with Crippen molar-refractivity contribution >= 4 is 11.9 Å². The Morgan fingerprint density at radius 3 is 1.53 bits per heavy atom. The minimum absolute atomic E-state index is 0.0249. The number of fused-ring (bicyclic) bond motifs is 6. The van der Waals surface area contributed by atoms with Crippen LogP contribution in [0.4, 0.5) is 0 Å². The van der Waals surface area contributed by atoms with Crippen LogP contribution in [-0.4, -0.2) is 46.6 Å². The molecule has 5 rings (SSSR count). The van der Waals surface area contributed by atoms with E-state index < -0.39 is 47.2 Å². The number of hydrogen-bond acceptors (Lipinski definition) is 8. The van der Waals surface area contributed by atoms with E-state index in [1.807, 2.05) is 0 Å². The molecule has 2 aromatic rings.